The van der Waals surface area contributed by atoms with Crippen LogP contribution in [0.5, 0.6) is 5.75 Å². The standard InChI is InChI=1S/C16H21NO/c1-10-7-11(2)13(14(18-6)12(10)3)16(9-17)8-15(16,4)5/h7H,8H2,1-6H3. The predicted molar refractivity (Wildman–Crippen MR) is 72.9 cm³/mol. The third-order valence-corrected chi connectivity index (χ3v) is 4.55. The number of hydrogen-bond acceptors (Lipinski definition) is 2. The van der Waals surface area contributed by atoms with Gasteiger partial charge in [-0.15, -0.1) is 0 Å². The van der Waals surface area contributed by atoms with Gasteiger partial charge in [0.05, 0.1) is 18.6 Å². The molecule has 96 valence electrons. The fourth-order valence-corrected chi connectivity index (χ4v) is 3.13. The van der Waals surface area contributed by atoms with Gasteiger partial charge in [-0.1, -0.05) is 19.9 Å². The summed E-state index contributed by atoms with van der Waals surface area (Å²) in [6.07, 6.45) is 0.913. The highest BCUT2D eigenvalue weighted by Crippen LogP contribution is 2.66. The maximum Gasteiger partial charge on any atom is 0.127 e. The molecule has 0 aromatic heterocycles. The number of methoxy groups -OCH3 is 1. The molecule has 1 unspecified atom stereocenters. The van der Waals surface area contributed by atoms with Gasteiger partial charge in [0.2, 0.25) is 0 Å². The zero-order chi connectivity index (χ0) is 13.7. The first kappa shape index (κ1) is 13.0. The summed E-state index contributed by atoms with van der Waals surface area (Å²) >= 11 is 0. The molecule has 1 aliphatic carbocycles. The Morgan fingerprint density at radius 2 is 1.78 bits per heavy atom. The molecule has 0 bridgehead atoms. The lowest BCUT2D eigenvalue weighted by Gasteiger charge is -2.22. The lowest BCUT2D eigenvalue weighted by atomic mass is 9.83. The Morgan fingerprint density at radius 3 is 2.17 bits per heavy atom. The van der Waals surface area contributed by atoms with Crippen LogP contribution in [0.15, 0.2) is 6.07 Å². The summed E-state index contributed by atoms with van der Waals surface area (Å²) in [5, 5.41) is 9.64. The third kappa shape index (κ3) is 1.47. The van der Waals surface area contributed by atoms with Gasteiger partial charge in [-0.05, 0) is 49.3 Å². The topological polar surface area (TPSA) is 33.0 Å². The van der Waals surface area contributed by atoms with Crippen molar-refractivity contribution in [2.75, 3.05) is 7.11 Å². The van der Waals surface area contributed by atoms with Gasteiger partial charge in [0, 0.05) is 5.56 Å². The summed E-state index contributed by atoms with van der Waals surface area (Å²) in [4.78, 5) is 0. The molecular formula is C16H21NO. The molecule has 0 aliphatic heterocycles. The quantitative estimate of drug-likeness (QED) is 0.791. The Bertz CT molecular complexity index is 551. The molecule has 1 saturated carbocycles. The van der Waals surface area contributed by atoms with E-state index in [1.54, 1.807) is 7.11 Å². The fourth-order valence-electron chi connectivity index (χ4n) is 3.13. The van der Waals surface area contributed by atoms with Crippen LogP contribution < -0.4 is 4.74 Å². The Balaban J connectivity index is 2.74. The number of nitriles is 1. The molecule has 2 nitrogen and oxygen atoms in total. The van der Waals surface area contributed by atoms with E-state index in [2.05, 4.69) is 46.8 Å². The molecule has 1 aromatic rings. The smallest absolute Gasteiger partial charge is 0.127 e. The van der Waals surface area contributed by atoms with Crippen molar-refractivity contribution in [3.05, 3.63) is 28.3 Å². The van der Waals surface area contributed by atoms with Crippen molar-refractivity contribution in [1.29, 1.82) is 5.26 Å². The van der Waals surface area contributed by atoms with Gasteiger partial charge < -0.3 is 4.74 Å². The zero-order valence-corrected chi connectivity index (χ0v) is 12.1. The van der Waals surface area contributed by atoms with Crippen LogP contribution in [0.3, 0.4) is 0 Å². The van der Waals surface area contributed by atoms with E-state index in [1.165, 1.54) is 11.1 Å². The second kappa shape index (κ2) is 3.75. The predicted octanol–water partition coefficient (Wildman–Crippen LogP) is 3.81. The molecule has 0 spiro atoms. The molecule has 2 heteroatoms. The molecule has 0 heterocycles. The Kier molecular flexibility index (Phi) is 2.70. The molecule has 1 fully saturated rings. The van der Waals surface area contributed by atoms with Crippen molar-refractivity contribution in [2.45, 2.75) is 46.5 Å². The van der Waals surface area contributed by atoms with Crippen LogP contribution in [-0.2, 0) is 5.41 Å². The highest BCUT2D eigenvalue weighted by atomic mass is 16.5. The van der Waals surface area contributed by atoms with Gasteiger partial charge in [0.1, 0.15) is 5.75 Å². The van der Waals surface area contributed by atoms with Crippen LogP contribution in [0.4, 0.5) is 0 Å². The molecule has 1 aliphatic rings. The summed E-state index contributed by atoms with van der Waals surface area (Å²) in [6, 6.07) is 4.71. The Morgan fingerprint density at radius 1 is 1.22 bits per heavy atom. The fraction of sp³-hybridized carbons (Fsp3) is 0.562. The molecule has 0 N–H and O–H groups in total. The summed E-state index contributed by atoms with van der Waals surface area (Å²) in [5.74, 6) is 0.902. The lowest BCUT2D eigenvalue weighted by molar-refractivity contribution is 0.399. The van der Waals surface area contributed by atoms with Gasteiger partial charge in [0.25, 0.3) is 0 Å². The molecule has 0 saturated heterocycles. The maximum atomic E-state index is 9.64. The Labute approximate surface area is 110 Å². The molecule has 2 rings (SSSR count). The third-order valence-electron chi connectivity index (χ3n) is 4.55. The van der Waals surface area contributed by atoms with Gasteiger partial charge in [-0.2, -0.15) is 5.26 Å². The molecule has 18 heavy (non-hydrogen) atoms. The minimum absolute atomic E-state index is 0.0431. The second-order valence-electron chi connectivity index (χ2n) is 6.12. The average Bonchev–Trinajstić information content (AvgIpc) is 2.86. The van der Waals surface area contributed by atoms with E-state index in [0.29, 0.717) is 0 Å². The SMILES string of the molecule is COc1c(C)c(C)cc(C)c1C1(C#N)CC1(C)C. The van der Waals surface area contributed by atoms with E-state index in [4.69, 9.17) is 4.74 Å². The molecule has 1 atom stereocenters. The van der Waals surface area contributed by atoms with E-state index in [-0.39, 0.29) is 10.8 Å². The van der Waals surface area contributed by atoms with Crippen molar-refractivity contribution >= 4 is 0 Å². The van der Waals surface area contributed by atoms with Crippen molar-refractivity contribution < 1.29 is 4.74 Å². The molecule has 0 amide bonds. The van der Waals surface area contributed by atoms with Crippen LogP contribution in [0.25, 0.3) is 0 Å². The number of hydrogen-bond donors (Lipinski definition) is 0. The molecule has 0 radical (unpaired) electrons. The van der Waals surface area contributed by atoms with E-state index in [0.717, 1.165) is 23.3 Å². The molecule has 1 aromatic carbocycles. The first-order chi connectivity index (χ1) is 8.30. The minimum Gasteiger partial charge on any atom is -0.496 e. The number of benzene rings is 1. The van der Waals surface area contributed by atoms with Gasteiger partial charge in [0.15, 0.2) is 0 Å². The first-order valence-corrected chi connectivity index (χ1v) is 6.37. The molecular weight excluding hydrogens is 222 g/mol. The normalized spacial score (nSPS) is 24.5. The van der Waals surface area contributed by atoms with Gasteiger partial charge in [-0.3, -0.25) is 0 Å². The van der Waals surface area contributed by atoms with E-state index >= 15 is 0 Å². The summed E-state index contributed by atoms with van der Waals surface area (Å²) in [6.45, 7) is 10.6. The summed E-state index contributed by atoms with van der Waals surface area (Å²) < 4.78 is 5.61. The van der Waals surface area contributed by atoms with E-state index in [9.17, 15) is 5.26 Å². The van der Waals surface area contributed by atoms with Crippen LogP contribution in [0, 0.1) is 37.5 Å². The van der Waals surface area contributed by atoms with Crippen molar-refractivity contribution in [2.24, 2.45) is 5.41 Å². The largest absolute Gasteiger partial charge is 0.496 e. The summed E-state index contributed by atoms with van der Waals surface area (Å²) in [7, 11) is 1.70. The highest BCUT2D eigenvalue weighted by Gasteiger charge is 2.64. The van der Waals surface area contributed by atoms with Crippen LogP contribution in [-0.4, -0.2) is 7.11 Å². The van der Waals surface area contributed by atoms with Crippen molar-refractivity contribution in [1.82, 2.24) is 0 Å². The zero-order valence-electron chi connectivity index (χ0n) is 12.1. The lowest BCUT2D eigenvalue weighted by Crippen LogP contribution is -2.16. The number of rotatable bonds is 2. The minimum atomic E-state index is -0.374. The number of aryl methyl sites for hydroxylation is 2. The van der Waals surface area contributed by atoms with Crippen LogP contribution >= 0.6 is 0 Å². The van der Waals surface area contributed by atoms with Gasteiger partial charge >= 0.3 is 0 Å². The van der Waals surface area contributed by atoms with Crippen molar-refractivity contribution in [3.63, 3.8) is 0 Å². The number of ether oxygens (including phenoxy) is 1. The van der Waals surface area contributed by atoms with E-state index < -0.39 is 0 Å². The maximum absolute atomic E-state index is 9.64. The monoisotopic (exact) mass is 243 g/mol. The van der Waals surface area contributed by atoms with E-state index in [1.807, 2.05) is 0 Å². The summed E-state index contributed by atoms with van der Waals surface area (Å²) in [5.41, 5.74) is 4.31. The Hall–Kier alpha value is -1.49. The van der Waals surface area contributed by atoms with Crippen LogP contribution in [0.1, 0.15) is 42.5 Å². The highest BCUT2D eigenvalue weighted by molar-refractivity contribution is 5.60. The average molecular weight is 243 g/mol. The van der Waals surface area contributed by atoms with Crippen LogP contribution in [0.2, 0.25) is 0 Å². The first-order valence-electron chi connectivity index (χ1n) is 6.37. The second-order valence-corrected chi connectivity index (χ2v) is 6.12. The van der Waals surface area contributed by atoms with Crippen molar-refractivity contribution in [3.8, 4) is 11.8 Å². The number of nitrogens with zero attached hydrogens (tertiary/aromatic N) is 1. The van der Waals surface area contributed by atoms with Gasteiger partial charge in [-0.25, -0.2) is 0 Å².